The van der Waals surface area contributed by atoms with Gasteiger partial charge in [0, 0.05) is 16.1 Å². The van der Waals surface area contributed by atoms with Crippen LogP contribution in [-0.4, -0.2) is 11.8 Å². The summed E-state index contributed by atoms with van der Waals surface area (Å²) >= 11 is 5.83. The summed E-state index contributed by atoms with van der Waals surface area (Å²) in [5.74, 6) is -0.821. The number of carbonyl (C=O) groups is 2. The summed E-state index contributed by atoms with van der Waals surface area (Å²) < 4.78 is 0. The van der Waals surface area contributed by atoms with Gasteiger partial charge in [0.25, 0.3) is 5.91 Å². The van der Waals surface area contributed by atoms with Crippen molar-refractivity contribution in [3.63, 3.8) is 0 Å². The number of carbonyl (C=O) groups excluding carboxylic acids is 2. The Labute approximate surface area is 167 Å². The molecule has 5 nitrogen and oxygen atoms in total. The van der Waals surface area contributed by atoms with E-state index in [1.54, 1.807) is 72.8 Å². The molecule has 0 radical (unpaired) electrons. The summed E-state index contributed by atoms with van der Waals surface area (Å²) in [6.07, 6.45) is 0.108. The van der Waals surface area contributed by atoms with E-state index in [-0.39, 0.29) is 12.3 Å². The molecule has 3 rings (SSSR count). The normalized spacial score (nSPS) is 10.0. The van der Waals surface area contributed by atoms with Crippen molar-refractivity contribution in [2.24, 2.45) is 0 Å². The molecule has 0 heterocycles. The van der Waals surface area contributed by atoms with Gasteiger partial charge in [0.05, 0.1) is 18.1 Å². The van der Waals surface area contributed by atoms with E-state index in [1.165, 1.54) is 0 Å². The molecule has 0 bridgehead atoms. The number of nitrogens with one attached hydrogen (secondary N) is 2. The lowest BCUT2D eigenvalue weighted by Gasteiger charge is -2.12. The monoisotopic (exact) mass is 389 g/mol. The summed E-state index contributed by atoms with van der Waals surface area (Å²) in [7, 11) is 0. The molecule has 0 saturated heterocycles. The van der Waals surface area contributed by atoms with Crippen molar-refractivity contribution in [1.82, 2.24) is 10.9 Å². The number of nitrogens with zero attached hydrogens (tertiary/aromatic N) is 1. The molecular weight excluding hydrogens is 374 g/mol. The van der Waals surface area contributed by atoms with Gasteiger partial charge in [-0.25, -0.2) is 0 Å². The standard InChI is InChI=1S/C22H16ClN3O2/c23-17-11-9-15(10-12-17)13-21(27)25-26-22(28)20-8-4-3-7-19(20)18-6-2-1-5-16(18)14-24/h1-12H,13H2,(H,25,27)(H,26,28). The molecule has 3 aromatic carbocycles. The third-order valence-corrected chi connectivity index (χ3v) is 4.35. The van der Waals surface area contributed by atoms with Crippen LogP contribution in [0.3, 0.4) is 0 Å². The van der Waals surface area contributed by atoms with Crippen LogP contribution in [-0.2, 0) is 11.2 Å². The molecule has 0 spiro atoms. The third kappa shape index (κ3) is 4.56. The van der Waals surface area contributed by atoms with Gasteiger partial charge < -0.3 is 0 Å². The van der Waals surface area contributed by atoms with Gasteiger partial charge in [0.2, 0.25) is 5.91 Å². The molecule has 0 aliphatic heterocycles. The van der Waals surface area contributed by atoms with Gasteiger partial charge in [-0.2, -0.15) is 5.26 Å². The highest BCUT2D eigenvalue weighted by Crippen LogP contribution is 2.26. The van der Waals surface area contributed by atoms with Gasteiger partial charge in [-0.15, -0.1) is 0 Å². The van der Waals surface area contributed by atoms with Crippen molar-refractivity contribution in [3.05, 3.63) is 94.5 Å². The van der Waals surface area contributed by atoms with Crippen molar-refractivity contribution < 1.29 is 9.59 Å². The maximum atomic E-state index is 12.6. The second kappa shape index (κ2) is 8.85. The predicted molar refractivity (Wildman–Crippen MR) is 107 cm³/mol. The first-order chi connectivity index (χ1) is 13.6. The fourth-order valence-electron chi connectivity index (χ4n) is 2.76. The Kier molecular flexibility index (Phi) is 6.05. The maximum absolute atomic E-state index is 12.6. The van der Waals surface area contributed by atoms with Crippen LogP contribution in [0.5, 0.6) is 0 Å². The van der Waals surface area contributed by atoms with Gasteiger partial charge in [-0.1, -0.05) is 60.1 Å². The Hall–Kier alpha value is -3.62. The van der Waals surface area contributed by atoms with Crippen molar-refractivity contribution in [2.45, 2.75) is 6.42 Å². The van der Waals surface area contributed by atoms with Crippen LogP contribution >= 0.6 is 11.6 Å². The lowest BCUT2D eigenvalue weighted by atomic mass is 9.95. The minimum Gasteiger partial charge on any atom is -0.273 e. The number of benzene rings is 3. The SMILES string of the molecule is N#Cc1ccccc1-c1ccccc1C(=O)NNC(=O)Cc1ccc(Cl)cc1. The molecule has 2 amide bonds. The largest absolute Gasteiger partial charge is 0.273 e. The van der Waals surface area contributed by atoms with Crippen LogP contribution in [0.2, 0.25) is 5.02 Å². The average Bonchev–Trinajstić information content (AvgIpc) is 2.73. The van der Waals surface area contributed by atoms with E-state index in [1.807, 2.05) is 0 Å². The quantitative estimate of drug-likeness (QED) is 0.664. The zero-order valence-electron chi connectivity index (χ0n) is 14.8. The number of hydrogen-bond acceptors (Lipinski definition) is 3. The van der Waals surface area contributed by atoms with Crippen LogP contribution < -0.4 is 10.9 Å². The highest BCUT2D eigenvalue weighted by atomic mass is 35.5. The third-order valence-electron chi connectivity index (χ3n) is 4.10. The zero-order valence-corrected chi connectivity index (χ0v) is 15.5. The number of hydrogen-bond donors (Lipinski definition) is 2. The molecule has 6 heteroatoms. The van der Waals surface area contributed by atoms with Gasteiger partial charge >= 0.3 is 0 Å². The highest BCUT2D eigenvalue weighted by molar-refractivity contribution is 6.30. The second-order valence-electron chi connectivity index (χ2n) is 6.01. The van der Waals surface area contributed by atoms with Crippen molar-refractivity contribution in [2.75, 3.05) is 0 Å². The molecule has 0 atom stereocenters. The number of hydrazine groups is 1. The molecular formula is C22H16ClN3O2. The molecule has 0 aliphatic carbocycles. The average molecular weight is 390 g/mol. The smallest absolute Gasteiger partial charge is 0.270 e. The van der Waals surface area contributed by atoms with E-state index >= 15 is 0 Å². The first kappa shape index (κ1) is 19.2. The van der Waals surface area contributed by atoms with E-state index in [0.717, 1.165) is 5.56 Å². The van der Waals surface area contributed by atoms with E-state index in [0.29, 0.717) is 27.3 Å². The van der Waals surface area contributed by atoms with Crippen LogP contribution in [0.25, 0.3) is 11.1 Å². The summed E-state index contributed by atoms with van der Waals surface area (Å²) in [4.78, 5) is 24.7. The summed E-state index contributed by atoms with van der Waals surface area (Å²) in [5.41, 5.74) is 7.72. The Bertz CT molecular complexity index is 1060. The summed E-state index contributed by atoms with van der Waals surface area (Å²) in [5, 5.41) is 9.92. The van der Waals surface area contributed by atoms with Gasteiger partial charge in [-0.3, -0.25) is 20.4 Å². The number of rotatable bonds is 4. The Morgan fingerprint density at radius 3 is 2.21 bits per heavy atom. The fraction of sp³-hybridized carbons (Fsp3) is 0.0455. The minimum atomic E-state index is -0.465. The Morgan fingerprint density at radius 2 is 1.50 bits per heavy atom. The van der Waals surface area contributed by atoms with E-state index in [2.05, 4.69) is 16.9 Å². The lowest BCUT2D eigenvalue weighted by molar-refractivity contribution is -0.121. The first-order valence-corrected chi connectivity index (χ1v) is 8.88. The van der Waals surface area contributed by atoms with Gasteiger partial charge in [0.15, 0.2) is 0 Å². The van der Waals surface area contributed by atoms with Crippen LogP contribution in [0, 0.1) is 11.3 Å². The van der Waals surface area contributed by atoms with Crippen molar-refractivity contribution >= 4 is 23.4 Å². The molecule has 0 aliphatic rings. The first-order valence-electron chi connectivity index (χ1n) is 8.50. The number of amides is 2. The molecule has 0 aromatic heterocycles. The molecule has 0 fully saturated rings. The number of nitriles is 1. The van der Waals surface area contributed by atoms with Gasteiger partial charge in [0.1, 0.15) is 0 Å². The van der Waals surface area contributed by atoms with Crippen LogP contribution in [0.15, 0.2) is 72.8 Å². The van der Waals surface area contributed by atoms with E-state index < -0.39 is 5.91 Å². The predicted octanol–water partition coefficient (Wildman–Crippen LogP) is 3.88. The Morgan fingerprint density at radius 1 is 0.857 bits per heavy atom. The molecule has 0 unspecified atom stereocenters. The second-order valence-corrected chi connectivity index (χ2v) is 6.44. The van der Waals surface area contributed by atoms with Crippen LogP contribution in [0.4, 0.5) is 0 Å². The van der Waals surface area contributed by atoms with Gasteiger partial charge in [-0.05, 0) is 35.4 Å². The summed E-state index contributed by atoms with van der Waals surface area (Å²) in [6, 6.07) is 23.0. The van der Waals surface area contributed by atoms with Crippen molar-refractivity contribution in [3.8, 4) is 17.2 Å². The molecule has 138 valence electrons. The Balaban J connectivity index is 1.72. The molecule has 28 heavy (non-hydrogen) atoms. The lowest BCUT2D eigenvalue weighted by Crippen LogP contribution is -2.42. The zero-order chi connectivity index (χ0) is 19.9. The maximum Gasteiger partial charge on any atom is 0.270 e. The summed E-state index contributed by atoms with van der Waals surface area (Å²) in [6.45, 7) is 0. The fourth-order valence-corrected chi connectivity index (χ4v) is 2.88. The molecule has 2 N–H and O–H groups in total. The minimum absolute atomic E-state index is 0.108. The van der Waals surface area contributed by atoms with Crippen LogP contribution in [0.1, 0.15) is 21.5 Å². The molecule has 0 saturated carbocycles. The molecule has 3 aromatic rings. The highest BCUT2D eigenvalue weighted by Gasteiger charge is 2.15. The van der Waals surface area contributed by atoms with E-state index in [9.17, 15) is 14.9 Å². The number of halogens is 1. The van der Waals surface area contributed by atoms with Crippen molar-refractivity contribution in [1.29, 1.82) is 5.26 Å². The van der Waals surface area contributed by atoms with E-state index in [4.69, 9.17) is 11.6 Å². The topological polar surface area (TPSA) is 82.0 Å².